The lowest BCUT2D eigenvalue weighted by Crippen LogP contribution is -2.27. The largest absolute Gasteiger partial charge is 0.368 e. The van der Waals surface area contributed by atoms with Gasteiger partial charge in [0, 0.05) is 13.1 Å². The van der Waals surface area contributed by atoms with Crippen LogP contribution in [0.5, 0.6) is 0 Å². The summed E-state index contributed by atoms with van der Waals surface area (Å²) in [5, 5.41) is 12.0. The molecule has 1 atom stereocenters. The molecule has 0 saturated carbocycles. The molecule has 22 heavy (non-hydrogen) atoms. The van der Waals surface area contributed by atoms with Gasteiger partial charge in [-0.15, -0.1) is 0 Å². The van der Waals surface area contributed by atoms with Crippen LogP contribution in [0.3, 0.4) is 0 Å². The molecular formula is C14H15F2N5O. The number of fused-ring (bicyclic) bond motifs is 1. The molecule has 0 radical (unpaired) electrons. The number of amides is 2. The second kappa shape index (κ2) is 5.63. The average molecular weight is 307 g/mol. The van der Waals surface area contributed by atoms with Gasteiger partial charge < -0.3 is 16.0 Å². The van der Waals surface area contributed by atoms with Gasteiger partial charge in [-0.05, 0) is 18.1 Å². The summed E-state index contributed by atoms with van der Waals surface area (Å²) in [4.78, 5) is 11.9. The molecule has 0 spiro atoms. The summed E-state index contributed by atoms with van der Waals surface area (Å²) < 4.78 is 28.7. The number of hydrogen-bond acceptors (Lipinski definition) is 3. The Kier molecular flexibility index (Phi) is 3.66. The Morgan fingerprint density at radius 3 is 2.82 bits per heavy atom. The fraction of sp³-hybridized carbons (Fsp3) is 0.286. The van der Waals surface area contributed by atoms with E-state index in [4.69, 9.17) is 0 Å². The quantitative estimate of drug-likeness (QED) is 0.799. The summed E-state index contributed by atoms with van der Waals surface area (Å²) in [6, 6.07) is 2.64. The number of nitrogens with one attached hydrogen (secondary N) is 3. The van der Waals surface area contributed by atoms with Crippen LogP contribution in [0.1, 0.15) is 6.92 Å². The van der Waals surface area contributed by atoms with Crippen molar-refractivity contribution in [2.45, 2.75) is 13.5 Å². The summed E-state index contributed by atoms with van der Waals surface area (Å²) in [5.74, 6) is -0.554. The summed E-state index contributed by atoms with van der Waals surface area (Å²) >= 11 is 0. The molecular weight excluding hydrogens is 292 g/mol. The lowest BCUT2D eigenvalue weighted by Gasteiger charge is -2.22. The van der Waals surface area contributed by atoms with Gasteiger partial charge in [-0.1, -0.05) is 13.0 Å². The molecule has 0 bridgehead atoms. The normalized spacial score (nSPS) is 16.6. The van der Waals surface area contributed by atoms with E-state index in [0.717, 1.165) is 25.2 Å². The second-order valence-corrected chi connectivity index (χ2v) is 5.25. The van der Waals surface area contributed by atoms with Crippen molar-refractivity contribution in [1.29, 1.82) is 0 Å². The molecule has 1 aliphatic heterocycles. The van der Waals surface area contributed by atoms with Gasteiger partial charge in [0.2, 0.25) is 0 Å². The number of carbonyl (C=O) groups excluding carboxylic acids is 1. The molecule has 8 heteroatoms. The topological polar surface area (TPSA) is 71.0 Å². The van der Waals surface area contributed by atoms with Gasteiger partial charge >= 0.3 is 6.03 Å². The van der Waals surface area contributed by atoms with Crippen molar-refractivity contribution in [2.24, 2.45) is 5.92 Å². The number of aromatic nitrogens is 2. The van der Waals surface area contributed by atoms with Gasteiger partial charge in [-0.3, -0.25) is 0 Å². The summed E-state index contributed by atoms with van der Waals surface area (Å²) in [6.07, 6.45) is 1.50. The number of nitrogens with zero attached hydrogens (tertiary/aromatic N) is 2. The number of halogens is 2. The van der Waals surface area contributed by atoms with Crippen LogP contribution in [0.15, 0.2) is 24.4 Å². The zero-order valence-electron chi connectivity index (χ0n) is 11.9. The van der Waals surface area contributed by atoms with Crippen molar-refractivity contribution in [3.05, 3.63) is 36.0 Å². The summed E-state index contributed by atoms with van der Waals surface area (Å²) in [7, 11) is 0. The first-order valence-electron chi connectivity index (χ1n) is 6.86. The Balaban J connectivity index is 1.73. The highest BCUT2D eigenvalue weighted by molar-refractivity contribution is 6.01. The highest BCUT2D eigenvalue weighted by Gasteiger charge is 2.20. The first kappa shape index (κ1) is 14.3. The third-order valence-electron chi connectivity index (χ3n) is 3.39. The number of rotatable bonds is 2. The van der Waals surface area contributed by atoms with Crippen LogP contribution in [0.2, 0.25) is 0 Å². The van der Waals surface area contributed by atoms with Crippen LogP contribution in [0.4, 0.5) is 30.8 Å². The van der Waals surface area contributed by atoms with Gasteiger partial charge in [-0.2, -0.15) is 5.10 Å². The number of urea groups is 1. The van der Waals surface area contributed by atoms with E-state index in [2.05, 4.69) is 28.0 Å². The van der Waals surface area contributed by atoms with Crippen molar-refractivity contribution < 1.29 is 13.6 Å². The number of carbonyl (C=O) groups is 1. The minimum atomic E-state index is -0.834. The SMILES string of the molecule is CC1CNc2c(NC(=O)Nc3c(F)cccc3F)cnn2C1. The van der Waals surface area contributed by atoms with Crippen LogP contribution < -0.4 is 16.0 Å². The maximum Gasteiger partial charge on any atom is 0.323 e. The van der Waals surface area contributed by atoms with E-state index >= 15 is 0 Å². The maximum atomic E-state index is 13.5. The third-order valence-corrected chi connectivity index (χ3v) is 3.39. The highest BCUT2D eigenvalue weighted by atomic mass is 19.1. The molecule has 6 nitrogen and oxygen atoms in total. The Morgan fingerprint density at radius 2 is 2.09 bits per heavy atom. The molecule has 0 fully saturated rings. The lowest BCUT2D eigenvalue weighted by molar-refractivity contribution is 0.262. The number of hydrogen-bond donors (Lipinski definition) is 3. The number of anilines is 3. The van der Waals surface area contributed by atoms with Crippen molar-refractivity contribution >= 4 is 23.2 Å². The van der Waals surface area contributed by atoms with Crippen LogP contribution in [0, 0.1) is 17.6 Å². The predicted octanol–water partition coefficient (Wildman–Crippen LogP) is 2.87. The smallest absolute Gasteiger partial charge is 0.323 e. The fourth-order valence-corrected chi connectivity index (χ4v) is 2.32. The van der Waals surface area contributed by atoms with Crippen LogP contribution in [-0.4, -0.2) is 22.4 Å². The molecule has 1 aromatic carbocycles. The monoisotopic (exact) mass is 307 g/mol. The Labute approximate surface area is 125 Å². The average Bonchev–Trinajstić information content (AvgIpc) is 2.85. The lowest BCUT2D eigenvalue weighted by atomic mass is 10.1. The molecule has 1 unspecified atom stereocenters. The molecule has 0 saturated heterocycles. The summed E-state index contributed by atoms with van der Waals surface area (Å²) in [5.41, 5.74) is -0.0243. The van der Waals surface area contributed by atoms with Crippen molar-refractivity contribution in [2.75, 3.05) is 22.5 Å². The molecule has 1 aliphatic rings. The van der Waals surface area contributed by atoms with Gasteiger partial charge in [0.25, 0.3) is 0 Å². The Bertz CT molecular complexity index is 695. The predicted molar refractivity (Wildman–Crippen MR) is 78.9 cm³/mol. The first-order chi connectivity index (χ1) is 10.5. The minimum absolute atomic E-state index is 0.432. The molecule has 2 amide bonds. The summed E-state index contributed by atoms with van der Waals surface area (Å²) in [6.45, 7) is 3.59. The zero-order valence-corrected chi connectivity index (χ0v) is 11.9. The second-order valence-electron chi connectivity index (χ2n) is 5.25. The molecule has 2 heterocycles. The van der Waals surface area contributed by atoms with E-state index < -0.39 is 23.4 Å². The molecule has 3 rings (SSSR count). The van der Waals surface area contributed by atoms with Crippen molar-refractivity contribution in [3.63, 3.8) is 0 Å². The Morgan fingerprint density at radius 1 is 1.36 bits per heavy atom. The van der Waals surface area contributed by atoms with Gasteiger partial charge in [0.15, 0.2) is 0 Å². The van der Waals surface area contributed by atoms with Crippen LogP contribution >= 0.6 is 0 Å². The van der Waals surface area contributed by atoms with E-state index in [1.54, 1.807) is 4.68 Å². The number of para-hydroxylation sites is 1. The van der Waals surface area contributed by atoms with Crippen molar-refractivity contribution in [3.8, 4) is 0 Å². The fourth-order valence-electron chi connectivity index (χ4n) is 2.32. The van der Waals surface area contributed by atoms with E-state index in [1.807, 2.05) is 0 Å². The Hall–Kier alpha value is -2.64. The maximum absolute atomic E-state index is 13.5. The van der Waals surface area contributed by atoms with E-state index in [-0.39, 0.29) is 0 Å². The third kappa shape index (κ3) is 2.72. The molecule has 3 N–H and O–H groups in total. The van der Waals surface area contributed by atoms with Crippen molar-refractivity contribution in [1.82, 2.24) is 9.78 Å². The van der Waals surface area contributed by atoms with Gasteiger partial charge in [0.1, 0.15) is 28.8 Å². The van der Waals surface area contributed by atoms with E-state index in [9.17, 15) is 13.6 Å². The number of benzene rings is 1. The molecule has 0 aliphatic carbocycles. The van der Waals surface area contributed by atoms with E-state index in [1.165, 1.54) is 12.3 Å². The van der Waals surface area contributed by atoms with Gasteiger partial charge in [0.05, 0.1) is 6.20 Å². The minimum Gasteiger partial charge on any atom is -0.368 e. The zero-order chi connectivity index (χ0) is 15.7. The molecule has 1 aromatic heterocycles. The highest BCUT2D eigenvalue weighted by Crippen LogP contribution is 2.26. The van der Waals surface area contributed by atoms with Gasteiger partial charge in [-0.25, -0.2) is 18.3 Å². The van der Waals surface area contributed by atoms with Crippen LogP contribution in [-0.2, 0) is 6.54 Å². The van der Waals surface area contributed by atoms with E-state index in [0.29, 0.717) is 17.4 Å². The molecule has 2 aromatic rings. The standard InChI is InChI=1S/C14H15F2N5O/c1-8-5-17-13-11(6-18-21(13)7-8)19-14(22)20-12-9(15)3-2-4-10(12)16/h2-4,6,8,17H,5,7H2,1H3,(H2,19,20,22). The van der Waals surface area contributed by atoms with Crippen LogP contribution in [0.25, 0.3) is 0 Å². The first-order valence-corrected chi connectivity index (χ1v) is 6.86. The molecule has 116 valence electrons.